The lowest BCUT2D eigenvalue weighted by Crippen LogP contribution is -2.38. The summed E-state index contributed by atoms with van der Waals surface area (Å²) in [5.41, 5.74) is 1.12. The van der Waals surface area contributed by atoms with Gasteiger partial charge in [0.25, 0.3) is 0 Å². The smallest absolute Gasteiger partial charge is 0.234 e. The van der Waals surface area contributed by atoms with Gasteiger partial charge in [0.15, 0.2) is 0 Å². The highest BCUT2D eigenvalue weighted by atomic mass is 32.1. The van der Waals surface area contributed by atoms with Crippen LogP contribution in [0.1, 0.15) is 23.4 Å². The summed E-state index contributed by atoms with van der Waals surface area (Å²) >= 11 is 1.71. The Bertz CT molecular complexity index is 580. The number of hydrogen-bond donors (Lipinski definition) is 1. The SMILES string of the molecule is C=CCN(CC(=O)NC(C)c1ccccc1)Cc1cccs1. The third-order valence-electron chi connectivity index (χ3n) is 3.39. The van der Waals surface area contributed by atoms with E-state index in [1.54, 1.807) is 11.3 Å². The van der Waals surface area contributed by atoms with Crippen LogP contribution in [0.4, 0.5) is 0 Å². The molecule has 0 saturated heterocycles. The van der Waals surface area contributed by atoms with E-state index in [9.17, 15) is 4.79 Å². The zero-order chi connectivity index (χ0) is 15.8. The van der Waals surface area contributed by atoms with E-state index in [1.807, 2.05) is 49.4 Å². The second-order valence-corrected chi connectivity index (χ2v) is 6.27. The van der Waals surface area contributed by atoms with E-state index < -0.39 is 0 Å². The minimum Gasteiger partial charge on any atom is -0.348 e. The fourth-order valence-corrected chi connectivity index (χ4v) is 3.05. The van der Waals surface area contributed by atoms with Gasteiger partial charge in [-0.1, -0.05) is 42.5 Å². The average molecular weight is 314 g/mol. The third-order valence-corrected chi connectivity index (χ3v) is 4.25. The van der Waals surface area contributed by atoms with Crippen LogP contribution < -0.4 is 5.32 Å². The van der Waals surface area contributed by atoms with Crippen molar-refractivity contribution in [3.8, 4) is 0 Å². The van der Waals surface area contributed by atoms with Crippen LogP contribution in [0.3, 0.4) is 0 Å². The minimum absolute atomic E-state index is 0.0148. The molecule has 1 N–H and O–H groups in total. The van der Waals surface area contributed by atoms with Gasteiger partial charge >= 0.3 is 0 Å². The van der Waals surface area contributed by atoms with Gasteiger partial charge in [-0.15, -0.1) is 17.9 Å². The van der Waals surface area contributed by atoms with Crippen LogP contribution in [0.25, 0.3) is 0 Å². The normalized spacial score (nSPS) is 12.1. The number of benzene rings is 1. The molecule has 0 radical (unpaired) electrons. The molecule has 4 heteroatoms. The predicted molar refractivity (Wildman–Crippen MR) is 92.8 cm³/mol. The zero-order valence-electron chi connectivity index (χ0n) is 12.9. The van der Waals surface area contributed by atoms with E-state index in [2.05, 4.69) is 28.2 Å². The first-order valence-electron chi connectivity index (χ1n) is 7.39. The number of nitrogens with zero attached hydrogens (tertiary/aromatic N) is 1. The zero-order valence-corrected chi connectivity index (χ0v) is 13.7. The van der Waals surface area contributed by atoms with Gasteiger partial charge in [-0.3, -0.25) is 9.69 Å². The molecule has 0 spiro atoms. The van der Waals surface area contributed by atoms with E-state index in [1.165, 1.54) is 4.88 Å². The highest BCUT2D eigenvalue weighted by Crippen LogP contribution is 2.13. The molecule has 1 aromatic carbocycles. The maximum Gasteiger partial charge on any atom is 0.234 e. The van der Waals surface area contributed by atoms with Crippen molar-refractivity contribution in [2.24, 2.45) is 0 Å². The van der Waals surface area contributed by atoms with Crippen LogP contribution in [0.15, 0.2) is 60.5 Å². The van der Waals surface area contributed by atoms with E-state index in [4.69, 9.17) is 0 Å². The molecule has 2 aromatic rings. The van der Waals surface area contributed by atoms with E-state index >= 15 is 0 Å². The molecule has 1 heterocycles. The molecular formula is C18H22N2OS. The molecule has 1 unspecified atom stereocenters. The second-order valence-electron chi connectivity index (χ2n) is 5.24. The molecule has 1 aromatic heterocycles. The Morgan fingerprint density at radius 1 is 1.32 bits per heavy atom. The monoisotopic (exact) mass is 314 g/mol. The van der Waals surface area contributed by atoms with Crippen LogP contribution in [-0.2, 0) is 11.3 Å². The van der Waals surface area contributed by atoms with Crippen LogP contribution in [-0.4, -0.2) is 23.9 Å². The molecule has 0 bridgehead atoms. The summed E-state index contributed by atoms with van der Waals surface area (Å²) in [5.74, 6) is 0.0368. The van der Waals surface area contributed by atoms with E-state index in [-0.39, 0.29) is 11.9 Å². The summed E-state index contributed by atoms with van der Waals surface area (Å²) < 4.78 is 0. The molecule has 0 aliphatic heterocycles. The maximum atomic E-state index is 12.3. The Labute approximate surface area is 136 Å². The molecule has 1 atom stereocenters. The van der Waals surface area contributed by atoms with E-state index in [0.29, 0.717) is 13.1 Å². The first-order chi connectivity index (χ1) is 10.7. The maximum absolute atomic E-state index is 12.3. The molecule has 22 heavy (non-hydrogen) atoms. The molecule has 116 valence electrons. The largest absolute Gasteiger partial charge is 0.348 e. The third kappa shape index (κ3) is 5.13. The summed E-state index contributed by atoms with van der Waals surface area (Å²) in [4.78, 5) is 15.6. The van der Waals surface area contributed by atoms with Crippen molar-refractivity contribution < 1.29 is 4.79 Å². The lowest BCUT2D eigenvalue weighted by atomic mass is 10.1. The Morgan fingerprint density at radius 3 is 2.73 bits per heavy atom. The van der Waals surface area contributed by atoms with Gasteiger partial charge in [0, 0.05) is 18.0 Å². The fraction of sp³-hybridized carbons (Fsp3) is 0.278. The van der Waals surface area contributed by atoms with Crippen molar-refractivity contribution in [3.05, 3.63) is 70.9 Å². The Kier molecular flexibility index (Phi) is 6.37. The lowest BCUT2D eigenvalue weighted by Gasteiger charge is -2.21. The number of hydrogen-bond acceptors (Lipinski definition) is 3. The Morgan fingerprint density at radius 2 is 2.09 bits per heavy atom. The first-order valence-corrected chi connectivity index (χ1v) is 8.27. The Hall–Kier alpha value is -1.91. The van der Waals surface area contributed by atoms with Crippen LogP contribution >= 0.6 is 11.3 Å². The van der Waals surface area contributed by atoms with Gasteiger partial charge in [-0.25, -0.2) is 0 Å². The summed E-state index contributed by atoms with van der Waals surface area (Å²) in [6, 6.07) is 14.1. The number of rotatable bonds is 8. The number of thiophene rings is 1. The topological polar surface area (TPSA) is 32.3 Å². The van der Waals surface area contributed by atoms with Gasteiger partial charge in [-0.05, 0) is 23.9 Å². The van der Waals surface area contributed by atoms with Gasteiger partial charge in [0.1, 0.15) is 0 Å². The van der Waals surface area contributed by atoms with Gasteiger partial charge in [0.2, 0.25) is 5.91 Å². The average Bonchev–Trinajstić information content (AvgIpc) is 3.01. The number of carbonyl (C=O) groups excluding carboxylic acids is 1. The van der Waals surface area contributed by atoms with Crippen LogP contribution in [0.5, 0.6) is 0 Å². The lowest BCUT2D eigenvalue weighted by molar-refractivity contribution is -0.122. The van der Waals surface area contributed by atoms with Gasteiger partial charge in [0.05, 0.1) is 12.6 Å². The van der Waals surface area contributed by atoms with Crippen molar-refractivity contribution >= 4 is 17.2 Å². The van der Waals surface area contributed by atoms with Crippen molar-refractivity contribution in [1.29, 1.82) is 0 Å². The fourth-order valence-electron chi connectivity index (χ4n) is 2.31. The highest BCUT2D eigenvalue weighted by molar-refractivity contribution is 7.09. The number of amides is 1. The first kappa shape index (κ1) is 16.5. The van der Waals surface area contributed by atoms with Gasteiger partial charge < -0.3 is 5.32 Å². The quantitative estimate of drug-likeness (QED) is 0.755. The number of nitrogens with one attached hydrogen (secondary N) is 1. The summed E-state index contributed by atoms with van der Waals surface area (Å²) in [5, 5.41) is 5.11. The summed E-state index contributed by atoms with van der Waals surface area (Å²) in [6.45, 7) is 7.63. The molecular weight excluding hydrogens is 292 g/mol. The summed E-state index contributed by atoms with van der Waals surface area (Å²) in [7, 11) is 0. The van der Waals surface area contributed by atoms with Crippen molar-refractivity contribution in [3.63, 3.8) is 0 Å². The predicted octanol–water partition coefficient (Wildman–Crippen LogP) is 3.61. The van der Waals surface area contributed by atoms with E-state index in [0.717, 1.165) is 12.1 Å². The summed E-state index contributed by atoms with van der Waals surface area (Å²) in [6.07, 6.45) is 1.83. The second kappa shape index (κ2) is 8.51. The molecule has 1 amide bonds. The molecule has 0 fully saturated rings. The van der Waals surface area contributed by atoms with Crippen molar-refractivity contribution in [2.45, 2.75) is 19.5 Å². The standard InChI is InChI=1S/C18H22N2OS/c1-3-11-20(13-17-10-7-12-22-17)14-18(21)19-15(2)16-8-5-4-6-9-16/h3-10,12,15H,1,11,13-14H2,2H3,(H,19,21). The Balaban J connectivity index is 1.89. The molecule has 3 nitrogen and oxygen atoms in total. The van der Waals surface area contributed by atoms with Crippen molar-refractivity contribution in [2.75, 3.05) is 13.1 Å². The molecule has 0 aliphatic rings. The molecule has 2 rings (SSSR count). The minimum atomic E-state index is 0.0148. The van der Waals surface area contributed by atoms with Crippen LogP contribution in [0, 0.1) is 0 Å². The van der Waals surface area contributed by atoms with Crippen molar-refractivity contribution in [1.82, 2.24) is 10.2 Å². The van der Waals surface area contributed by atoms with Gasteiger partial charge in [-0.2, -0.15) is 0 Å². The molecule has 0 saturated carbocycles. The van der Waals surface area contributed by atoms with Crippen LogP contribution in [0.2, 0.25) is 0 Å². The number of carbonyl (C=O) groups is 1. The highest BCUT2D eigenvalue weighted by Gasteiger charge is 2.13. The molecule has 0 aliphatic carbocycles.